The van der Waals surface area contributed by atoms with Gasteiger partial charge in [0.2, 0.25) is 11.9 Å². The number of aryl methyl sites for hydroxylation is 1. The summed E-state index contributed by atoms with van der Waals surface area (Å²) >= 11 is 0. The van der Waals surface area contributed by atoms with Crippen molar-refractivity contribution in [3.8, 4) is 11.5 Å². The second-order valence-corrected chi connectivity index (χ2v) is 6.90. The predicted molar refractivity (Wildman–Crippen MR) is 109 cm³/mol. The minimum absolute atomic E-state index is 0.0169. The van der Waals surface area contributed by atoms with Crippen LogP contribution in [0, 0.1) is 0 Å². The van der Waals surface area contributed by atoms with Crippen molar-refractivity contribution in [1.29, 1.82) is 0 Å². The summed E-state index contributed by atoms with van der Waals surface area (Å²) in [5.41, 5.74) is 9.51. The van der Waals surface area contributed by atoms with Gasteiger partial charge in [0.15, 0.2) is 11.5 Å². The van der Waals surface area contributed by atoms with Crippen molar-refractivity contribution in [2.75, 3.05) is 25.3 Å². The highest BCUT2D eigenvalue weighted by Crippen LogP contribution is 2.40. The second kappa shape index (κ2) is 7.42. The lowest BCUT2D eigenvalue weighted by Crippen LogP contribution is -2.28. The van der Waals surface area contributed by atoms with Gasteiger partial charge in [-0.25, -0.2) is 4.68 Å². The first-order valence-electron chi connectivity index (χ1n) is 9.42. The zero-order valence-electron chi connectivity index (χ0n) is 16.3. The number of fused-ring (bicyclic) bond motifs is 1. The Kier molecular flexibility index (Phi) is 4.81. The maximum atomic E-state index is 5.89. The van der Waals surface area contributed by atoms with E-state index in [0.29, 0.717) is 17.4 Å². The summed E-state index contributed by atoms with van der Waals surface area (Å²) in [5, 5.41) is 7.89. The molecule has 0 spiro atoms. The molecule has 28 heavy (non-hydrogen) atoms. The molecule has 1 aromatic heterocycles. The Labute approximate surface area is 164 Å². The van der Waals surface area contributed by atoms with Crippen molar-refractivity contribution >= 4 is 11.9 Å². The highest BCUT2D eigenvalue weighted by molar-refractivity contribution is 5.47. The van der Waals surface area contributed by atoms with Crippen LogP contribution in [0.1, 0.15) is 42.1 Å². The van der Waals surface area contributed by atoms with Crippen molar-refractivity contribution in [2.45, 2.75) is 31.8 Å². The van der Waals surface area contributed by atoms with Gasteiger partial charge in [0, 0.05) is 0 Å². The first kappa shape index (κ1) is 18.2. The molecule has 0 aliphatic carbocycles. The first-order valence-corrected chi connectivity index (χ1v) is 9.42. The maximum absolute atomic E-state index is 5.89. The molecule has 3 N–H and O–H groups in total. The van der Waals surface area contributed by atoms with Gasteiger partial charge < -0.3 is 20.5 Å². The molecule has 0 unspecified atom stereocenters. The fraction of sp³-hybridized carbons (Fsp3) is 0.333. The van der Waals surface area contributed by atoms with Crippen molar-refractivity contribution in [1.82, 2.24) is 14.8 Å². The van der Waals surface area contributed by atoms with E-state index in [9.17, 15) is 0 Å². The lowest BCUT2D eigenvalue weighted by atomic mass is 9.92. The van der Waals surface area contributed by atoms with Crippen LogP contribution in [0.2, 0.25) is 0 Å². The highest BCUT2D eigenvalue weighted by atomic mass is 16.5. The SMILES string of the molecule is CCc1ccc([C@H]2C[C@@H](c3ccc(OC)c(OC)c3)n3nc(N)nc3N2)cc1. The Balaban J connectivity index is 1.73. The van der Waals surface area contributed by atoms with Crippen molar-refractivity contribution in [3.63, 3.8) is 0 Å². The molecule has 1 aliphatic heterocycles. The fourth-order valence-electron chi connectivity index (χ4n) is 3.74. The lowest BCUT2D eigenvalue weighted by Gasteiger charge is -2.32. The van der Waals surface area contributed by atoms with E-state index >= 15 is 0 Å². The molecule has 0 amide bonds. The van der Waals surface area contributed by atoms with Crippen LogP contribution >= 0.6 is 0 Å². The molecule has 146 valence electrons. The summed E-state index contributed by atoms with van der Waals surface area (Å²) in [6, 6.07) is 14.8. The van der Waals surface area contributed by atoms with Crippen LogP contribution in [0.5, 0.6) is 11.5 Å². The molecular formula is C21H25N5O2. The number of nitrogen functional groups attached to an aromatic ring is 1. The number of rotatable bonds is 5. The average Bonchev–Trinajstić information content (AvgIpc) is 3.12. The standard InChI is InChI=1S/C21H25N5O2/c1-4-13-5-7-14(8-6-13)16-12-17(26-21(23-16)24-20(22)25-26)15-9-10-18(27-2)19(11-15)28-3/h5-11,16-17H,4,12H2,1-3H3,(H3,22,23,24,25)/t16-,17+/m1/s1. The molecule has 0 saturated heterocycles. The highest BCUT2D eigenvalue weighted by Gasteiger charge is 2.31. The van der Waals surface area contributed by atoms with Crippen LogP contribution in [0.25, 0.3) is 0 Å². The Hall–Kier alpha value is -3.22. The minimum Gasteiger partial charge on any atom is -0.493 e. The number of nitrogens with one attached hydrogen (secondary N) is 1. The van der Waals surface area contributed by atoms with Gasteiger partial charge in [-0.2, -0.15) is 4.98 Å². The molecule has 4 rings (SSSR count). The van der Waals surface area contributed by atoms with Gasteiger partial charge in [-0.3, -0.25) is 0 Å². The third kappa shape index (κ3) is 3.24. The number of nitrogens with two attached hydrogens (primary N) is 1. The number of ether oxygens (including phenoxy) is 2. The zero-order valence-corrected chi connectivity index (χ0v) is 16.3. The second-order valence-electron chi connectivity index (χ2n) is 6.90. The minimum atomic E-state index is -0.0169. The third-order valence-corrected chi connectivity index (χ3v) is 5.29. The number of aromatic nitrogens is 3. The molecule has 7 heteroatoms. The van der Waals surface area contributed by atoms with Crippen LogP contribution in [0.4, 0.5) is 11.9 Å². The molecule has 7 nitrogen and oxygen atoms in total. The Morgan fingerprint density at radius 1 is 1.07 bits per heavy atom. The van der Waals surface area contributed by atoms with Gasteiger partial charge in [0.1, 0.15) is 0 Å². The largest absolute Gasteiger partial charge is 0.493 e. The number of anilines is 2. The van der Waals surface area contributed by atoms with Crippen molar-refractivity contribution in [3.05, 3.63) is 59.2 Å². The van der Waals surface area contributed by atoms with Gasteiger partial charge in [-0.15, -0.1) is 5.10 Å². The summed E-state index contributed by atoms with van der Waals surface area (Å²) in [6.07, 6.45) is 1.84. The monoisotopic (exact) mass is 379 g/mol. The molecule has 0 fully saturated rings. The number of benzene rings is 2. The van der Waals surface area contributed by atoms with E-state index in [0.717, 1.165) is 18.4 Å². The number of hydrogen-bond donors (Lipinski definition) is 2. The first-order chi connectivity index (χ1) is 13.6. The fourth-order valence-corrected chi connectivity index (χ4v) is 3.74. The molecule has 0 radical (unpaired) electrons. The smallest absolute Gasteiger partial charge is 0.241 e. The summed E-state index contributed by atoms with van der Waals surface area (Å²) in [4.78, 5) is 4.38. The van der Waals surface area contributed by atoms with Crippen LogP contribution in [0.3, 0.4) is 0 Å². The Morgan fingerprint density at radius 2 is 1.79 bits per heavy atom. The van der Waals surface area contributed by atoms with Gasteiger partial charge in [0.05, 0.1) is 26.3 Å². The van der Waals surface area contributed by atoms with Gasteiger partial charge in [0.25, 0.3) is 0 Å². The van der Waals surface area contributed by atoms with E-state index in [1.165, 1.54) is 11.1 Å². The topological polar surface area (TPSA) is 87.2 Å². The summed E-state index contributed by atoms with van der Waals surface area (Å²) in [7, 11) is 3.27. The van der Waals surface area contributed by atoms with Crippen LogP contribution in [-0.4, -0.2) is 29.0 Å². The summed E-state index contributed by atoms with van der Waals surface area (Å²) in [5.74, 6) is 2.32. The van der Waals surface area contributed by atoms with E-state index < -0.39 is 0 Å². The van der Waals surface area contributed by atoms with Gasteiger partial charge >= 0.3 is 0 Å². The molecule has 1 aliphatic rings. The predicted octanol–water partition coefficient (Wildman–Crippen LogP) is 3.59. The van der Waals surface area contributed by atoms with Crippen LogP contribution in [0.15, 0.2) is 42.5 Å². The average molecular weight is 379 g/mol. The Morgan fingerprint density at radius 3 is 2.46 bits per heavy atom. The van der Waals surface area contributed by atoms with Crippen LogP contribution in [-0.2, 0) is 6.42 Å². The zero-order chi connectivity index (χ0) is 19.7. The third-order valence-electron chi connectivity index (χ3n) is 5.29. The normalized spacial score (nSPS) is 18.2. The quantitative estimate of drug-likeness (QED) is 0.704. The van der Waals surface area contributed by atoms with Crippen molar-refractivity contribution < 1.29 is 9.47 Å². The van der Waals surface area contributed by atoms with E-state index in [2.05, 4.69) is 46.6 Å². The van der Waals surface area contributed by atoms with E-state index in [1.807, 2.05) is 22.9 Å². The van der Waals surface area contributed by atoms with E-state index in [4.69, 9.17) is 15.2 Å². The summed E-state index contributed by atoms with van der Waals surface area (Å²) < 4.78 is 12.7. The van der Waals surface area contributed by atoms with Crippen molar-refractivity contribution in [2.24, 2.45) is 0 Å². The van der Waals surface area contributed by atoms with Gasteiger partial charge in [-0.1, -0.05) is 37.3 Å². The molecule has 2 heterocycles. The molecule has 3 aromatic rings. The Bertz CT molecular complexity index is 967. The molecule has 2 atom stereocenters. The van der Waals surface area contributed by atoms with E-state index in [-0.39, 0.29) is 18.0 Å². The number of hydrogen-bond acceptors (Lipinski definition) is 6. The maximum Gasteiger partial charge on any atom is 0.241 e. The molecule has 0 saturated carbocycles. The molecule has 0 bridgehead atoms. The summed E-state index contributed by atoms with van der Waals surface area (Å²) in [6.45, 7) is 2.16. The number of nitrogens with zero attached hydrogens (tertiary/aromatic N) is 3. The molecular weight excluding hydrogens is 354 g/mol. The van der Waals surface area contributed by atoms with Crippen LogP contribution < -0.4 is 20.5 Å². The number of methoxy groups -OCH3 is 2. The lowest BCUT2D eigenvalue weighted by molar-refractivity contribution is 0.352. The van der Waals surface area contributed by atoms with Gasteiger partial charge in [-0.05, 0) is 41.7 Å². The van der Waals surface area contributed by atoms with E-state index in [1.54, 1.807) is 14.2 Å². The molecule has 2 aromatic carbocycles.